The normalized spacial score (nSPS) is 28.3. The molecule has 2 unspecified atom stereocenters. The lowest BCUT2D eigenvalue weighted by atomic mass is 9.67. The second-order valence-corrected chi connectivity index (χ2v) is 5.73. The van der Waals surface area contributed by atoms with Gasteiger partial charge >= 0.3 is 5.97 Å². The van der Waals surface area contributed by atoms with Gasteiger partial charge in [-0.2, -0.15) is 0 Å². The lowest BCUT2D eigenvalue weighted by Gasteiger charge is -2.38. The van der Waals surface area contributed by atoms with Gasteiger partial charge in [0.1, 0.15) is 0 Å². The maximum Gasteiger partial charge on any atom is 0.328 e. The van der Waals surface area contributed by atoms with Gasteiger partial charge in [0.2, 0.25) is 0 Å². The molecule has 3 nitrogen and oxygen atoms in total. The van der Waals surface area contributed by atoms with E-state index < -0.39 is 5.97 Å². The summed E-state index contributed by atoms with van der Waals surface area (Å²) >= 11 is 0. The molecule has 0 aromatic carbocycles. The molecule has 0 bridgehead atoms. The lowest BCUT2D eigenvalue weighted by Crippen LogP contribution is -2.32. The summed E-state index contributed by atoms with van der Waals surface area (Å²) < 4.78 is 0. The van der Waals surface area contributed by atoms with Crippen LogP contribution in [-0.2, 0) is 4.79 Å². The van der Waals surface area contributed by atoms with E-state index in [1.165, 1.54) is 6.08 Å². The number of carboxylic acid groups (broad SMARTS) is 1. The molecule has 2 N–H and O–H groups in total. The Bertz CT molecular complexity index is 413. The van der Waals surface area contributed by atoms with Gasteiger partial charge in [-0.05, 0) is 31.3 Å². The standard InChI is InChI=1S/C15H22O3/c1-10(7-14(17)18)5-6-13-11(2)8-12(16)9-15(13,3)4/h5-8,12-13,16H,9H2,1-4H3,(H,17,18)/b6-5?,10-7+. The molecule has 0 spiro atoms. The molecule has 0 aromatic heterocycles. The molecule has 0 fully saturated rings. The van der Waals surface area contributed by atoms with Crippen LogP contribution in [0, 0.1) is 11.3 Å². The largest absolute Gasteiger partial charge is 0.478 e. The molecule has 100 valence electrons. The molecule has 1 aliphatic rings. The molecular weight excluding hydrogens is 228 g/mol. The van der Waals surface area contributed by atoms with E-state index in [2.05, 4.69) is 13.8 Å². The Morgan fingerprint density at radius 2 is 2.11 bits per heavy atom. The fourth-order valence-corrected chi connectivity index (χ4v) is 2.65. The molecule has 0 aliphatic heterocycles. The van der Waals surface area contributed by atoms with Crippen molar-refractivity contribution < 1.29 is 15.0 Å². The van der Waals surface area contributed by atoms with E-state index in [4.69, 9.17) is 5.11 Å². The highest BCUT2D eigenvalue weighted by Crippen LogP contribution is 2.41. The van der Waals surface area contributed by atoms with E-state index in [-0.39, 0.29) is 17.4 Å². The summed E-state index contributed by atoms with van der Waals surface area (Å²) in [4.78, 5) is 10.5. The van der Waals surface area contributed by atoms with Crippen LogP contribution < -0.4 is 0 Å². The monoisotopic (exact) mass is 250 g/mol. The SMILES string of the molecule is CC1=CC(O)CC(C)(C)C1C=C/C(C)=C/C(=O)O. The van der Waals surface area contributed by atoms with Crippen molar-refractivity contribution in [1.29, 1.82) is 0 Å². The number of aliphatic hydroxyl groups is 1. The number of allylic oxidation sites excluding steroid dienone is 4. The van der Waals surface area contributed by atoms with Gasteiger partial charge in [0, 0.05) is 12.0 Å². The van der Waals surface area contributed by atoms with Crippen molar-refractivity contribution >= 4 is 5.97 Å². The Labute approximate surface area is 109 Å². The van der Waals surface area contributed by atoms with E-state index in [0.717, 1.165) is 17.6 Å². The summed E-state index contributed by atoms with van der Waals surface area (Å²) in [5.74, 6) is -0.694. The Morgan fingerprint density at radius 3 is 2.61 bits per heavy atom. The molecule has 0 saturated heterocycles. The molecule has 0 radical (unpaired) electrons. The molecule has 1 aliphatic carbocycles. The first-order chi connectivity index (χ1) is 8.22. The molecule has 1 rings (SSSR count). The third-order valence-electron chi connectivity index (χ3n) is 3.43. The van der Waals surface area contributed by atoms with Crippen molar-refractivity contribution in [2.75, 3.05) is 0 Å². The van der Waals surface area contributed by atoms with Crippen LogP contribution >= 0.6 is 0 Å². The van der Waals surface area contributed by atoms with Gasteiger partial charge < -0.3 is 10.2 Å². The zero-order valence-corrected chi connectivity index (χ0v) is 11.5. The number of aliphatic carboxylic acids is 1. The predicted octanol–water partition coefficient (Wildman–Crippen LogP) is 2.93. The quantitative estimate of drug-likeness (QED) is 0.460. The third-order valence-corrected chi connectivity index (χ3v) is 3.43. The van der Waals surface area contributed by atoms with Crippen molar-refractivity contribution in [3.05, 3.63) is 35.5 Å². The number of rotatable bonds is 3. The third kappa shape index (κ3) is 3.84. The van der Waals surface area contributed by atoms with Gasteiger partial charge in [0.25, 0.3) is 0 Å². The first kappa shape index (κ1) is 14.7. The van der Waals surface area contributed by atoms with Gasteiger partial charge in [0.05, 0.1) is 6.10 Å². The lowest BCUT2D eigenvalue weighted by molar-refractivity contribution is -0.131. The van der Waals surface area contributed by atoms with Crippen LogP contribution in [0.1, 0.15) is 34.1 Å². The van der Waals surface area contributed by atoms with E-state index in [1.54, 1.807) is 6.92 Å². The minimum absolute atomic E-state index is 0.0156. The summed E-state index contributed by atoms with van der Waals surface area (Å²) in [6.45, 7) is 8.03. The van der Waals surface area contributed by atoms with Gasteiger partial charge in [-0.3, -0.25) is 0 Å². The summed E-state index contributed by atoms with van der Waals surface area (Å²) in [6, 6.07) is 0. The van der Waals surface area contributed by atoms with E-state index >= 15 is 0 Å². The highest BCUT2D eigenvalue weighted by atomic mass is 16.4. The molecule has 3 heteroatoms. The highest BCUT2D eigenvalue weighted by Gasteiger charge is 2.34. The minimum atomic E-state index is -0.928. The summed E-state index contributed by atoms with van der Waals surface area (Å²) in [7, 11) is 0. The number of hydrogen-bond donors (Lipinski definition) is 2. The molecule has 2 atom stereocenters. The van der Waals surface area contributed by atoms with Gasteiger partial charge in [0.15, 0.2) is 0 Å². The molecule has 0 saturated carbocycles. The molecule has 0 aromatic rings. The summed E-state index contributed by atoms with van der Waals surface area (Å²) in [5, 5.41) is 18.4. The maximum atomic E-state index is 10.5. The second-order valence-electron chi connectivity index (χ2n) is 5.73. The molecule has 18 heavy (non-hydrogen) atoms. The summed E-state index contributed by atoms with van der Waals surface area (Å²) in [5.41, 5.74) is 1.84. The van der Waals surface area contributed by atoms with Gasteiger partial charge in [-0.25, -0.2) is 4.79 Å². The fraction of sp³-hybridized carbons (Fsp3) is 0.533. The Hall–Kier alpha value is -1.35. The predicted molar refractivity (Wildman–Crippen MR) is 72.2 cm³/mol. The van der Waals surface area contributed by atoms with Crippen molar-refractivity contribution in [3.8, 4) is 0 Å². The first-order valence-corrected chi connectivity index (χ1v) is 6.18. The maximum absolute atomic E-state index is 10.5. The Balaban J connectivity index is 2.92. The van der Waals surface area contributed by atoms with Crippen molar-refractivity contribution in [3.63, 3.8) is 0 Å². The van der Waals surface area contributed by atoms with Crippen LogP contribution in [0.2, 0.25) is 0 Å². The summed E-state index contributed by atoms with van der Waals surface area (Å²) in [6.07, 6.45) is 7.31. The molecule has 0 heterocycles. The zero-order chi connectivity index (χ0) is 13.9. The number of hydrogen-bond acceptors (Lipinski definition) is 2. The average Bonchev–Trinajstić information content (AvgIpc) is 2.12. The van der Waals surface area contributed by atoms with Crippen molar-refractivity contribution in [1.82, 2.24) is 0 Å². The first-order valence-electron chi connectivity index (χ1n) is 6.18. The topological polar surface area (TPSA) is 57.5 Å². The highest BCUT2D eigenvalue weighted by molar-refractivity contribution is 5.81. The van der Waals surface area contributed by atoms with E-state index in [1.807, 2.05) is 25.2 Å². The number of carboxylic acids is 1. The fourth-order valence-electron chi connectivity index (χ4n) is 2.65. The molecule has 0 amide bonds. The van der Waals surface area contributed by atoms with Gasteiger partial charge in [-0.1, -0.05) is 37.6 Å². The molecular formula is C15H22O3. The van der Waals surface area contributed by atoms with Crippen LogP contribution in [0.5, 0.6) is 0 Å². The Kier molecular flexibility index (Phi) is 4.52. The van der Waals surface area contributed by atoms with Crippen molar-refractivity contribution in [2.45, 2.75) is 40.2 Å². The van der Waals surface area contributed by atoms with E-state index in [9.17, 15) is 9.90 Å². The van der Waals surface area contributed by atoms with Crippen LogP contribution in [0.3, 0.4) is 0 Å². The van der Waals surface area contributed by atoms with Crippen LogP contribution in [0.25, 0.3) is 0 Å². The minimum Gasteiger partial charge on any atom is -0.478 e. The van der Waals surface area contributed by atoms with E-state index in [0.29, 0.717) is 0 Å². The number of aliphatic hydroxyl groups excluding tert-OH is 1. The average molecular weight is 250 g/mol. The smallest absolute Gasteiger partial charge is 0.328 e. The van der Waals surface area contributed by atoms with Crippen LogP contribution in [0.15, 0.2) is 35.5 Å². The van der Waals surface area contributed by atoms with Crippen molar-refractivity contribution in [2.24, 2.45) is 11.3 Å². The van der Waals surface area contributed by atoms with Crippen LogP contribution in [0.4, 0.5) is 0 Å². The Morgan fingerprint density at radius 1 is 1.50 bits per heavy atom. The van der Waals surface area contributed by atoms with Gasteiger partial charge in [-0.15, -0.1) is 0 Å². The number of carbonyl (C=O) groups is 1. The second kappa shape index (κ2) is 5.53. The van der Waals surface area contributed by atoms with Crippen LogP contribution in [-0.4, -0.2) is 22.3 Å². The zero-order valence-electron chi connectivity index (χ0n) is 11.5.